The average molecular weight is 265 g/mol. The lowest BCUT2D eigenvalue weighted by atomic mass is 10.0. The van der Waals surface area contributed by atoms with Gasteiger partial charge in [0.25, 0.3) is 0 Å². The largest absolute Gasteiger partial charge is 0.394 e. The van der Waals surface area contributed by atoms with Crippen LogP contribution in [0.15, 0.2) is 24.3 Å². The van der Waals surface area contributed by atoms with Crippen LogP contribution in [-0.2, 0) is 0 Å². The number of hydrogen-bond donors (Lipinski definition) is 3. The first-order valence-electron chi connectivity index (χ1n) is 6.38. The number of anilines is 2. The molecule has 0 aliphatic rings. The van der Waals surface area contributed by atoms with Crippen molar-refractivity contribution in [2.75, 3.05) is 30.9 Å². The lowest BCUT2D eigenvalue weighted by Gasteiger charge is -2.27. The van der Waals surface area contributed by atoms with Gasteiger partial charge in [-0.05, 0) is 25.5 Å². The van der Waals surface area contributed by atoms with Gasteiger partial charge in [0.1, 0.15) is 0 Å². The Labute approximate surface area is 114 Å². The number of nitrogens with zero attached hydrogens (tertiary/aromatic N) is 1. The summed E-state index contributed by atoms with van der Waals surface area (Å²) in [6, 6.07) is 7.25. The van der Waals surface area contributed by atoms with E-state index in [4.69, 9.17) is 0 Å². The fourth-order valence-corrected chi connectivity index (χ4v) is 1.64. The summed E-state index contributed by atoms with van der Waals surface area (Å²) in [5.41, 5.74) is 1.07. The second kappa shape index (κ2) is 6.43. The highest BCUT2D eigenvalue weighted by Gasteiger charge is 2.23. The van der Waals surface area contributed by atoms with Crippen LogP contribution < -0.4 is 15.5 Å². The third kappa shape index (κ3) is 4.13. The third-order valence-electron chi connectivity index (χ3n) is 3.18. The van der Waals surface area contributed by atoms with Gasteiger partial charge in [0.15, 0.2) is 0 Å². The zero-order chi connectivity index (χ0) is 14.5. The van der Waals surface area contributed by atoms with Gasteiger partial charge in [0.05, 0.1) is 23.5 Å². The zero-order valence-electron chi connectivity index (χ0n) is 12.0. The molecule has 1 aromatic rings. The molecule has 0 aliphatic heterocycles. The third-order valence-corrected chi connectivity index (χ3v) is 3.18. The number of aliphatic hydroxyl groups excluding tert-OH is 1. The number of nitrogens with one attached hydrogen (secondary N) is 2. The number of rotatable bonds is 5. The number of carbonyl (C=O) groups excluding carboxylic acids is 1. The van der Waals surface area contributed by atoms with Crippen LogP contribution in [0.1, 0.15) is 20.3 Å². The summed E-state index contributed by atoms with van der Waals surface area (Å²) < 4.78 is 0. The van der Waals surface area contributed by atoms with Crippen molar-refractivity contribution >= 4 is 17.4 Å². The van der Waals surface area contributed by atoms with Gasteiger partial charge < -0.3 is 20.6 Å². The summed E-state index contributed by atoms with van der Waals surface area (Å²) in [7, 11) is 3.84. The Bertz CT molecular complexity index is 428. The Kier molecular flexibility index (Phi) is 5.18. The van der Waals surface area contributed by atoms with Gasteiger partial charge in [-0.3, -0.25) is 0 Å². The van der Waals surface area contributed by atoms with Gasteiger partial charge in [0.2, 0.25) is 0 Å². The molecule has 1 unspecified atom stereocenters. The van der Waals surface area contributed by atoms with E-state index in [1.54, 1.807) is 0 Å². The molecule has 1 rings (SSSR count). The standard InChI is InChI=1S/C14H23N3O2/c1-5-14(2,10-18)16-13(19)15-11-8-6-7-9-12(11)17(3)4/h6-9,18H,5,10H2,1-4H3,(H2,15,16,19). The monoisotopic (exact) mass is 265 g/mol. The van der Waals surface area contributed by atoms with Crippen molar-refractivity contribution in [1.82, 2.24) is 5.32 Å². The van der Waals surface area contributed by atoms with Gasteiger partial charge in [-0.2, -0.15) is 0 Å². The normalized spacial score (nSPS) is 13.5. The lowest BCUT2D eigenvalue weighted by Crippen LogP contribution is -2.50. The number of amides is 2. The van der Waals surface area contributed by atoms with Crippen LogP contribution in [0.2, 0.25) is 0 Å². The number of aliphatic hydroxyl groups is 1. The molecule has 3 N–H and O–H groups in total. The minimum absolute atomic E-state index is 0.0910. The fraction of sp³-hybridized carbons (Fsp3) is 0.500. The molecule has 0 fully saturated rings. The van der Waals surface area contributed by atoms with Crippen LogP contribution in [0.5, 0.6) is 0 Å². The molecule has 0 saturated carbocycles. The van der Waals surface area contributed by atoms with Crippen LogP contribution in [-0.4, -0.2) is 37.4 Å². The van der Waals surface area contributed by atoms with Crippen LogP contribution in [0, 0.1) is 0 Å². The fourth-order valence-electron chi connectivity index (χ4n) is 1.64. The Balaban J connectivity index is 2.78. The summed E-state index contributed by atoms with van der Waals surface area (Å²) in [4.78, 5) is 13.9. The minimum Gasteiger partial charge on any atom is -0.394 e. The van der Waals surface area contributed by atoms with E-state index < -0.39 is 5.54 Å². The number of urea groups is 1. The number of para-hydroxylation sites is 2. The van der Waals surface area contributed by atoms with E-state index >= 15 is 0 Å². The highest BCUT2D eigenvalue weighted by atomic mass is 16.3. The summed E-state index contributed by atoms with van der Waals surface area (Å²) >= 11 is 0. The molecule has 5 heteroatoms. The predicted octanol–water partition coefficient (Wildman–Crippen LogP) is 2.04. The second-order valence-corrected chi connectivity index (χ2v) is 5.06. The SMILES string of the molecule is CCC(C)(CO)NC(=O)Nc1ccccc1N(C)C. The van der Waals surface area contributed by atoms with E-state index in [2.05, 4.69) is 10.6 Å². The molecule has 19 heavy (non-hydrogen) atoms. The van der Waals surface area contributed by atoms with Gasteiger partial charge in [0, 0.05) is 14.1 Å². The molecule has 0 bridgehead atoms. The van der Waals surface area contributed by atoms with Crippen LogP contribution in [0.4, 0.5) is 16.2 Å². The molecule has 1 atom stereocenters. The number of hydrogen-bond acceptors (Lipinski definition) is 3. The highest BCUT2D eigenvalue weighted by Crippen LogP contribution is 2.23. The average Bonchev–Trinajstić information content (AvgIpc) is 2.38. The number of carbonyl (C=O) groups is 1. The van der Waals surface area contributed by atoms with E-state index in [0.29, 0.717) is 6.42 Å². The highest BCUT2D eigenvalue weighted by molar-refractivity contribution is 5.93. The molecule has 0 heterocycles. The maximum Gasteiger partial charge on any atom is 0.319 e. The maximum atomic E-state index is 12.0. The van der Waals surface area contributed by atoms with Crippen molar-refractivity contribution in [3.8, 4) is 0 Å². The van der Waals surface area contributed by atoms with Crippen molar-refractivity contribution < 1.29 is 9.90 Å². The molecule has 0 aromatic heterocycles. The molecule has 0 aliphatic carbocycles. The van der Waals surface area contributed by atoms with Crippen molar-refractivity contribution in [2.45, 2.75) is 25.8 Å². The lowest BCUT2D eigenvalue weighted by molar-refractivity contribution is 0.172. The van der Waals surface area contributed by atoms with E-state index in [-0.39, 0.29) is 12.6 Å². The summed E-state index contributed by atoms with van der Waals surface area (Å²) in [5.74, 6) is 0. The van der Waals surface area contributed by atoms with Crippen molar-refractivity contribution in [3.63, 3.8) is 0 Å². The van der Waals surface area contributed by atoms with Gasteiger partial charge in [-0.25, -0.2) is 4.79 Å². The molecule has 2 amide bonds. The molecule has 5 nitrogen and oxygen atoms in total. The topological polar surface area (TPSA) is 64.6 Å². The first kappa shape index (κ1) is 15.3. The van der Waals surface area contributed by atoms with Crippen LogP contribution >= 0.6 is 0 Å². The van der Waals surface area contributed by atoms with E-state index in [1.165, 1.54) is 0 Å². The van der Waals surface area contributed by atoms with E-state index in [1.807, 2.05) is 57.1 Å². The first-order chi connectivity index (χ1) is 8.91. The van der Waals surface area contributed by atoms with Crippen LogP contribution in [0.3, 0.4) is 0 Å². The molecule has 106 valence electrons. The smallest absolute Gasteiger partial charge is 0.319 e. The molecular weight excluding hydrogens is 242 g/mol. The Hall–Kier alpha value is -1.75. The Morgan fingerprint density at radius 1 is 1.37 bits per heavy atom. The minimum atomic E-state index is -0.600. The van der Waals surface area contributed by atoms with Gasteiger partial charge in [-0.1, -0.05) is 19.1 Å². The number of benzene rings is 1. The van der Waals surface area contributed by atoms with Crippen LogP contribution in [0.25, 0.3) is 0 Å². The Morgan fingerprint density at radius 3 is 2.53 bits per heavy atom. The maximum absolute atomic E-state index is 12.0. The van der Waals surface area contributed by atoms with Gasteiger partial charge in [-0.15, -0.1) is 0 Å². The summed E-state index contributed by atoms with van der Waals surface area (Å²) in [6.07, 6.45) is 0.659. The van der Waals surface area contributed by atoms with Gasteiger partial charge >= 0.3 is 6.03 Å². The zero-order valence-corrected chi connectivity index (χ0v) is 12.0. The van der Waals surface area contributed by atoms with E-state index in [0.717, 1.165) is 11.4 Å². The second-order valence-electron chi connectivity index (χ2n) is 5.06. The van der Waals surface area contributed by atoms with Crippen molar-refractivity contribution in [1.29, 1.82) is 0 Å². The summed E-state index contributed by atoms with van der Waals surface area (Å²) in [6.45, 7) is 3.64. The molecule has 1 aromatic carbocycles. The van der Waals surface area contributed by atoms with Crippen molar-refractivity contribution in [3.05, 3.63) is 24.3 Å². The Morgan fingerprint density at radius 2 is 2.00 bits per heavy atom. The van der Waals surface area contributed by atoms with E-state index in [9.17, 15) is 9.90 Å². The molecule has 0 saturated heterocycles. The van der Waals surface area contributed by atoms with Crippen molar-refractivity contribution in [2.24, 2.45) is 0 Å². The molecular formula is C14H23N3O2. The first-order valence-corrected chi connectivity index (χ1v) is 6.38. The molecule has 0 radical (unpaired) electrons. The predicted molar refractivity (Wildman–Crippen MR) is 78.7 cm³/mol. The molecule has 0 spiro atoms. The summed E-state index contributed by atoms with van der Waals surface area (Å²) in [5, 5.41) is 14.9. The quantitative estimate of drug-likeness (QED) is 0.763.